The molecule has 1 aromatic rings. The van der Waals surface area contributed by atoms with E-state index in [1.165, 1.54) is 0 Å². The number of nitrogens with one attached hydrogen (secondary N) is 1. The first-order valence-corrected chi connectivity index (χ1v) is 7.02. The summed E-state index contributed by atoms with van der Waals surface area (Å²) in [7, 11) is 0. The van der Waals surface area contributed by atoms with E-state index in [0.29, 0.717) is 5.76 Å². The maximum atomic E-state index is 11.1. The minimum atomic E-state index is -0.809. The molecule has 23 heavy (non-hydrogen) atoms. The Morgan fingerprint density at radius 3 is 1.70 bits per heavy atom. The molecular formula is C16H24N2O5. The molecule has 7 heteroatoms. The summed E-state index contributed by atoms with van der Waals surface area (Å²) in [6, 6.07) is 5.29. The van der Waals surface area contributed by atoms with Crippen molar-refractivity contribution in [2.45, 2.75) is 59.7 Å². The zero-order valence-corrected chi connectivity index (χ0v) is 14.6. The Balaban J connectivity index is 0.000000502. The number of imide groups is 1. The lowest BCUT2D eigenvalue weighted by molar-refractivity contribution is 0.0353. The number of nitrogens with zero attached hydrogens (tertiary/aromatic N) is 1. The van der Waals surface area contributed by atoms with Gasteiger partial charge in [0.1, 0.15) is 23.0 Å². The number of carbonyl (C=O) groups excluding carboxylic acids is 2. The molecule has 7 nitrogen and oxygen atoms in total. The summed E-state index contributed by atoms with van der Waals surface area (Å²) in [4.78, 5) is 22.2. The molecule has 0 radical (unpaired) electrons. The summed E-state index contributed by atoms with van der Waals surface area (Å²) in [6.07, 6.45) is -1.62. The zero-order valence-electron chi connectivity index (χ0n) is 14.6. The standard InChI is InChI=1S/C10H19NO4.C6H5NO/c1-9(2,3)14-7(12)11-8(13)15-10(4,5)6;1-5-2-3-6(4-7)8-5/h1-6H3,(H,11,12,13);2-3H,1H3. The number of hydrogen-bond acceptors (Lipinski definition) is 6. The van der Waals surface area contributed by atoms with E-state index in [9.17, 15) is 9.59 Å². The first-order chi connectivity index (χ1) is 10.3. The van der Waals surface area contributed by atoms with Crippen molar-refractivity contribution in [1.82, 2.24) is 5.32 Å². The highest BCUT2D eigenvalue weighted by Crippen LogP contribution is 2.08. The van der Waals surface area contributed by atoms with Gasteiger partial charge in [0.2, 0.25) is 5.76 Å². The second kappa shape index (κ2) is 8.22. The van der Waals surface area contributed by atoms with Crippen molar-refractivity contribution in [3.05, 3.63) is 23.7 Å². The van der Waals surface area contributed by atoms with Crippen LogP contribution in [0.1, 0.15) is 53.1 Å². The number of alkyl carbamates (subject to hydrolysis) is 2. The molecule has 1 rings (SSSR count). The monoisotopic (exact) mass is 324 g/mol. The number of carbonyl (C=O) groups is 2. The van der Waals surface area contributed by atoms with Crippen LogP contribution in [-0.2, 0) is 9.47 Å². The van der Waals surface area contributed by atoms with Gasteiger partial charge in [-0.1, -0.05) is 0 Å². The fourth-order valence-corrected chi connectivity index (χ4v) is 1.19. The first-order valence-electron chi connectivity index (χ1n) is 7.02. The van der Waals surface area contributed by atoms with Crippen molar-refractivity contribution in [1.29, 1.82) is 5.26 Å². The number of aryl methyl sites for hydroxylation is 1. The third-order valence-electron chi connectivity index (χ3n) is 1.85. The quantitative estimate of drug-likeness (QED) is 0.776. The van der Waals surface area contributed by atoms with Crippen molar-refractivity contribution in [2.75, 3.05) is 0 Å². The van der Waals surface area contributed by atoms with Gasteiger partial charge in [0.25, 0.3) is 0 Å². The predicted octanol–water partition coefficient (Wildman–Crippen LogP) is 3.91. The van der Waals surface area contributed by atoms with Gasteiger partial charge in [-0.25, -0.2) is 14.9 Å². The second-order valence-electron chi connectivity index (χ2n) is 6.65. The Hall–Kier alpha value is -2.49. The van der Waals surface area contributed by atoms with Gasteiger partial charge in [-0.2, -0.15) is 5.26 Å². The van der Waals surface area contributed by atoms with Crippen LogP contribution in [0.2, 0.25) is 0 Å². The van der Waals surface area contributed by atoms with Crippen molar-refractivity contribution >= 4 is 12.2 Å². The summed E-state index contributed by atoms with van der Waals surface area (Å²) in [6.45, 7) is 12.1. The molecule has 0 unspecified atom stereocenters. The molecule has 0 aliphatic carbocycles. The maximum Gasteiger partial charge on any atom is 0.417 e. The predicted molar refractivity (Wildman–Crippen MR) is 83.8 cm³/mol. The van der Waals surface area contributed by atoms with Crippen molar-refractivity contribution in [2.24, 2.45) is 0 Å². The van der Waals surface area contributed by atoms with Gasteiger partial charge in [-0.05, 0) is 60.6 Å². The minimum Gasteiger partial charge on any atom is -0.451 e. The molecule has 128 valence electrons. The fourth-order valence-electron chi connectivity index (χ4n) is 1.19. The molecule has 0 aliphatic heterocycles. The number of rotatable bonds is 0. The summed E-state index contributed by atoms with van der Waals surface area (Å²) >= 11 is 0. The molecule has 1 heterocycles. The van der Waals surface area contributed by atoms with E-state index in [-0.39, 0.29) is 0 Å². The molecule has 0 spiro atoms. The normalized spacial score (nSPS) is 10.7. The molecule has 2 amide bonds. The van der Waals surface area contributed by atoms with Crippen LogP contribution in [0.4, 0.5) is 9.59 Å². The Kier molecular flexibility index (Phi) is 7.33. The Labute approximate surface area is 136 Å². The van der Waals surface area contributed by atoms with E-state index >= 15 is 0 Å². The summed E-state index contributed by atoms with van der Waals surface area (Å²) in [5, 5.41) is 10.2. The molecule has 1 aromatic heterocycles. The second-order valence-corrected chi connectivity index (χ2v) is 6.65. The third-order valence-corrected chi connectivity index (χ3v) is 1.85. The number of ether oxygens (including phenoxy) is 2. The molecule has 0 bridgehead atoms. The lowest BCUT2D eigenvalue weighted by Gasteiger charge is -2.21. The molecular weight excluding hydrogens is 300 g/mol. The minimum absolute atomic E-state index is 0.377. The van der Waals surface area contributed by atoms with Crippen molar-refractivity contribution in [3.63, 3.8) is 0 Å². The van der Waals surface area contributed by atoms with Crippen LogP contribution in [0.15, 0.2) is 16.5 Å². The maximum absolute atomic E-state index is 11.1. The Morgan fingerprint density at radius 2 is 1.48 bits per heavy atom. The van der Waals surface area contributed by atoms with Gasteiger partial charge in [-0.3, -0.25) is 0 Å². The van der Waals surface area contributed by atoms with E-state index in [4.69, 9.17) is 19.2 Å². The van der Waals surface area contributed by atoms with Crippen molar-refractivity contribution in [3.8, 4) is 6.07 Å². The number of amides is 2. The van der Waals surface area contributed by atoms with Crippen molar-refractivity contribution < 1.29 is 23.5 Å². The molecule has 0 saturated carbocycles. The highest BCUT2D eigenvalue weighted by atomic mass is 16.6. The summed E-state index contributed by atoms with van der Waals surface area (Å²) < 4.78 is 14.6. The van der Waals surface area contributed by atoms with Gasteiger partial charge in [0, 0.05) is 0 Å². The topological polar surface area (TPSA) is 102 Å². The van der Waals surface area contributed by atoms with Crippen LogP contribution >= 0.6 is 0 Å². The third kappa shape index (κ3) is 11.8. The van der Waals surface area contributed by atoms with Gasteiger partial charge in [0.15, 0.2) is 0 Å². The Morgan fingerprint density at radius 1 is 1.04 bits per heavy atom. The molecule has 0 fully saturated rings. The van der Waals surface area contributed by atoms with Crippen LogP contribution in [-0.4, -0.2) is 23.4 Å². The molecule has 0 atom stereocenters. The van der Waals surface area contributed by atoms with E-state index in [0.717, 1.165) is 5.76 Å². The molecule has 0 saturated heterocycles. The first kappa shape index (κ1) is 20.5. The van der Waals surface area contributed by atoms with E-state index in [2.05, 4.69) is 0 Å². The van der Waals surface area contributed by atoms with Crippen LogP contribution in [0.3, 0.4) is 0 Å². The fraction of sp³-hybridized carbons (Fsp3) is 0.562. The highest BCUT2D eigenvalue weighted by molar-refractivity contribution is 5.87. The van der Waals surface area contributed by atoms with Crippen LogP contribution in [0.25, 0.3) is 0 Å². The highest BCUT2D eigenvalue weighted by Gasteiger charge is 2.21. The van der Waals surface area contributed by atoms with Crippen LogP contribution < -0.4 is 5.32 Å². The number of hydrogen-bond donors (Lipinski definition) is 1. The largest absolute Gasteiger partial charge is 0.451 e. The van der Waals surface area contributed by atoms with Crippen LogP contribution in [0, 0.1) is 18.3 Å². The van der Waals surface area contributed by atoms with Gasteiger partial charge < -0.3 is 13.9 Å². The average molecular weight is 324 g/mol. The lowest BCUT2D eigenvalue weighted by atomic mass is 10.2. The molecule has 0 aliphatic rings. The lowest BCUT2D eigenvalue weighted by Crippen LogP contribution is -2.39. The van der Waals surface area contributed by atoms with Crippen LogP contribution in [0.5, 0.6) is 0 Å². The van der Waals surface area contributed by atoms with E-state index in [1.807, 2.05) is 11.4 Å². The average Bonchev–Trinajstić information content (AvgIpc) is 2.70. The number of furan rings is 1. The molecule has 0 aromatic carbocycles. The smallest absolute Gasteiger partial charge is 0.417 e. The van der Waals surface area contributed by atoms with E-state index < -0.39 is 23.4 Å². The zero-order chi connectivity index (χ0) is 18.3. The summed E-state index contributed by atoms with van der Waals surface area (Å²) in [5.41, 5.74) is -1.27. The Bertz CT molecular complexity index is 545. The van der Waals surface area contributed by atoms with Gasteiger partial charge in [-0.15, -0.1) is 0 Å². The van der Waals surface area contributed by atoms with Gasteiger partial charge in [0.05, 0.1) is 0 Å². The SMILES string of the molecule is CC(C)(C)OC(=O)NC(=O)OC(C)(C)C.Cc1ccc(C#N)o1. The molecule has 1 N–H and O–H groups in total. The summed E-state index contributed by atoms with van der Waals surface area (Å²) in [5.74, 6) is 1.16. The number of nitriles is 1. The van der Waals surface area contributed by atoms with E-state index in [1.54, 1.807) is 60.6 Å². The van der Waals surface area contributed by atoms with Gasteiger partial charge >= 0.3 is 12.2 Å².